The smallest absolute Gasteiger partial charge is 0.240 e. The van der Waals surface area contributed by atoms with Crippen molar-refractivity contribution >= 4 is 17.7 Å². The van der Waals surface area contributed by atoms with Gasteiger partial charge in [0.1, 0.15) is 11.1 Å². The van der Waals surface area contributed by atoms with E-state index in [0.717, 1.165) is 42.7 Å². The molecule has 3 heterocycles. The van der Waals surface area contributed by atoms with Crippen molar-refractivity contribution in [1.82, 2.24) is 24.6 Å². The molecular weight excluding hydrogens is 437 g/mol. The minimum Gasteiger partial charge on any atom is -0.341 e. The number of carbonyl (C=O) groups excluding carboxylic acids is 1. The molecule has 6 nitrogen and oxygen atoms in total. The van der Waals surface area contributed by atoms with Crippen molar-refractivity contribution in [3.05, 3.63) is 90.5 Å². The summed E-state index contributed by atoms with van der Waals surface area (Å²) >= 11 is 1.37. The molecule has 1 aliphatic heterocycles. The standard InChI is InChI=1S/C25H22FN5OS/c26-20-8-10-21(11-9-20)31-23(19-12-14-27-15-13-19)28-29-25(31)33-22(18-6-2-1-3-7-18)24(32)30-16-4-5-17-30/h1-3,6-15,22H,4-5,16-17H2/t22-/m1/s1. The lowest BCUT2D eigenvalue weighted by molar-refractivity contribution is -0.129. The number of hydrogen-bond donors (Lipinski definition) is 0. The van der Waals surface area contributed by atoms with E-state index in [2.05, 4.69) is 15.2 Å². The predicted molar refractivity (Wildman–Crippen MR) is 125 cm³/mol. The molecule has 1 amide bonds. The number of aromatic nitrogens is 4. The van der Waals surface area contributed by atoms with Crippen LogP contribution < -0.4 is 0 Å². The molecule has 166 valence electrons. The van der Waals surface area contributed by atoms with Crippen molar-refractivity contribution in [2.75, 3.05) is 13.1 Å². The van der Waals surface area contributed by atoms with E-state index in [-0.39, 0.29) is 11.7 Å². The van der Waals surface area contributed by atoms with Gasteiger partial charge in [-0.2, -0.15) is 0 Å². The summed E-state index contributed by atoms with van der Waals surface area (Å²) in [5, 5.41) is 9.00. The Balaban J connectivity index is 1.59. The van der Waals surface area contributed by atoms with Gasteiger partial charge >= 0.3 is 0 Å². The number of hydrogen-bond acceptors (Lipinski definition) is 5. The van der Waals surface area contributed by atoms with Crippen LogP contribution in [0.4, 0.5) is 4.39 Å². The SMILES string of the molecule is O=C([C@H](Sc1nnc(-c2ccncc2)n1-c1ccc(F)cc1)c1ccccc1)N1CCCC1. The van der Waals surface area contributed by atoms with Gasteiger partial charge in [0.25, 0.3) is 0 Å². The van der Waals surface area contributed by atoms with E-state index >= 15 is 0 Å². The average molecular weight is 460 g/mol. The highest BCUT2D eigenvalue weighted by molar-refractivity contribution is 8.00. The molecule has 33 heavy (non-hydrogen) atoms. The molecule has 0 unspecified atom stereocenters. The van der Waals surface area contributed by atoms with Crippen LogP contribution in [0.3, 0.4) is 0 Å². The maximum absolute atomic E-state index is 13.7. The van der Waals surface area contributed by atoms with Gasteiger partial charge in [-0.1, -0.05) is 42.1 Å². The number of rotatable bonds is 6. The van der Waals surface area contributed by atoms with Gasteiger partial charge in [-0.05, 0) is 54.8 Å². The lowest BCUT2D eigenvalue weighted by Gasteiger charge is -2.23. The zero-order valence-corrected chi connectivity index (χ0v) is 18.7. The van der Waals surface area contributed by atoms with Crippen LogP contribution in [-0.4, -0.2) is 43.6 Å². The maximum atomic E-state index is 13.7. The lowest BCUT2D eigenvalue weighted by atomic mass is 10.1. The third kappa shape index (κ3) is 4.52. The van der Waals surface area contributed by atoms with E-state index < -0.39 is 5.25 Å². The molecule has 1 saturated heterocycles. The molecule has 2 aromatic carbocycles. The topological polar surface area (TPSA) is 63.9 Å². The zero-order valence-electron chi connectivity index (χ0n) is 17.8. The van der Waals surface area contributed by atoms with Crippen LogP contribution in [0.15, 0.2) is 84.3 Å². The highest BCUT2D eigenvalue weighted by Gasteiger charge is 2.31. The Morgan fingerprint density at radius 1 is 0.909 bits per heavy atom. The molecule has 2 aromatic heterocycles. The minimum absolute atomic E-state index is 0.0721. The summed E-state index contributed by atoms with van der Waals surface area (Å²) in [7, 11) is 0. The molecule has 1 fully saturated rings. The summed E-state index contributed by atoms with van der Waals surface area (Å²) in [6.07, 6.45) is 5.43. The second-order valence-corrected chi connectivity index (χ2v) is 8.87. The Bertz CT molecular complexity index is 1220. The summed E-state index contributed by atoms with van der Waals surface area (Å²) in [6, 6.07) is 19.6. The van der Waals surface area contributed by atoms with Crippen LogP contribution in [0.5, 0.6) is 0 Å². The Kier molecular flexibility index (Phi) is 6.17. The van der Waals surface area contributed by atoms with Crippen LogP contribution in [0.2, 0.25) is 0 Å². The third-order valence-electron chi connectivity index (χ3n) is 5.62. The number of halogens is 1. The van der Waals surface area contributed by atoms with Crippen molar-refractivity contribution in [3.8, 4) is 17.1 Å². The number of benzene rings is 2. The van der Waals surface area contributed by atoms with Gasteiger partial charge in [0, 0.05) is 36.7 Å². The fourth-order valence-corrected chi connectivity index (χ4v) is 5.09. The van der Waals surface area contributed by atoms with E-state index in [9.17, 15) is 9.18 Å². The van der Waals surface area contributed by atoms with Crippen LogP contribution in [0.25, 0.3) is 17.1 Å². The van der Waals surface area contributed by atoms with Gasteiger partial charge in [-0.25, -0.2) is 4.39 Å². The van der Waals surface area contributed by atoms with Gasteiger partial charge in [0.2, 0.25) is 5.91 Å². The summed E-state index contributed by atoms with van der Waals surface area (Å²) in [4.78, 5) is 19.5. The fourth-order valence-electron chi connectivity index (χ4n) is 3.95. The lowest BCUT2D eigenvalue weighted by Crippen LogP contribution is -2.31. The number of carbonyl (C=O) groups is 1. The molecule has 0 saturated carbocycles. The number of pyridine rings is 1. The Morgan fingerprint density at radius 2 is 1.61 bits per heavy atom. The highest BCUT2D eigenvalue weighted by atomic mass is 32.2. The number of amides is 1. The largest absolute Gasteiger partial charge is 0.341 e. The van der Waals surface area contributed by atoms with Crippen LogP contribution in [0.1, 0.15) is 23.7 Å². The maximum Gasteiger partial charge on any atom is 0.240 e. The van der Waals surface area contributed by atoms with Gasteiger partial charge in [-0.3, -0.25) is 14.3 Å². The first-order chi connectivity index (χ1) is 16.2. The predicted octanol–water partition coefficient (Wildman–Crippen LogP) is 4.92. The first-order valence-corrected chi connectivity index (χ1v) is 11.7. The average Bonchev–Trinajstić information content (AvgIpc) is 3.54. The summed E-state index contributed by atoms with van der Waals surface area (Å²) in [6.45, 7) is 1.55. The van der Waals surface area contributed by atoms with Gasteiger partial charge in [0.15, 0.2) is 11.0 Å². The second kappa shape index (κ2) is 9.54. The molecule has 0 radical (unpaired) electrons. The molecule has 8 heteroatoms. The second-order valence-electron chi connectivity index (χ2n) is 7.79. The Labute approximate surface area is 195 Å². The summed E-state index contributed by atoms with van der Waals surface area (Å²) in [5.74, 6) is 0.354. The van der Waals surface area contributed by atoms with Crippen molar-refractivity contribution < 1.29 is 9.18 Å². The van der Waals surface area contributed by atoms with E-state index in [4.69, 9.17) is 0 Å². The van der Waals surface area contributed by atoms with E-state index in [1.165, 1.54) is 23.9 Å². The fraction of sp³-hybridized carbons (Fsp3) is 0.200. The molecule has 0 bridgehead atoms. The van der Waals surface area contributed by atoms with Crippen molar-refractivity contribution in [1.29, 1.82) is 0 Å². The molecule has 4 aromatic rings. The molecule has 1 atom stereocenters. The Hall–Kier alpha value is -3.52. The number of likely N-dealkylation sites (tertiary alicyclic amines) is 1. The van der Waals surface area contributed by atoms with Gasteiger partial charge < -0.3 is 4.90 Å². The van der Waals surface area contributed by atoms with Crippen LogP contribution >= 0.6 is 11.8 Å². The molecule has 0 spiro atoms. The van der Waals surface area contributed by atoms with Crippen LogP contribution in [0, 0.1) is 5.82 Å². The van der Waals surface area contributed by atoms with E-state index in [1.807, 2.05) is 51.9 Å². The van der Waals surface area contributed by atoms with Gasteiger partial charge in [0.05, 0.1) is 0 Å². The molecule has 5 rings (SSSR count). The number of nitrogens with zero attached hydrogens (tertiary/aromatic N) is 5. The van der Waals surface area contributed by atoms with Crippen molar-refractivity contribution in [3.63, 3.8) is 0 Å². The molecule has 1 aliphatic rings. The summed E-state index contributed by atoms with van der Waals surface area (Å²) < 4.78 is 15.5. The molecular formula is C25H22FN5OS. The molecule has 0 N–H and O–H groups in total. The monoisotopic (exact) mass is 459 g/mol. The minimum atomic E-state index is -0.460. The van der Waals surface area contributed by atoms with Crippen LogP contribution in [-0.2, 0) is 4.79 Å². The first kappa shape index (κ1) is 21.3. The molecule has 0 aliphatic carbocycles. The zero-order chi connectivity index (χ0) is 22.6. The van der Waals surface area contributed by atoms with Crippen molar-refractivity contribution in [2.24, 2.45) is 0 Å². The Morgan fingerprint density at radius 3 is 2.30 bits per heavy atom. The van der Waals surface area contributed by atoms with E-state index in [1.54, 1.807) is 24.5 Å². The van der Waals surface area contributed by atoms with Crippen molar-refractivity contribution in [2.45, 2.75) is 23.2 Å². The summed E-state index contributed by atoms with van der Waals surface area (Å²) in [5.41, 5.74) is 2.46. The quantitative estimate of drug-likeness (QED) is 0.383. The number of thioether (sulfide) groups is 1. The van der Waals surface area contributed by atoms with Gasteiger partial charge in [-0.15, -0.1) is 10.2 Å². The van der Waals surface area contributed by atoms with E-state index in [0.29, 0.717) is 11.0 Å². The first-order valence-electron chi connectivity index (χ1n) is 10.8. The highest BCUT2D eigenvalue weighted by Crippen LogP contribution is 2.39. The normalized spacial score (nSPS) is 14.4. The third-order valence-corrected chi connectivity index (χ3v) is 6.81.